The smallest absolute Gasteiger partial charge is 0.328 e. The lowest BCUT2D eigenvalue weighted by atomic mass is 10.1. The first-order valence-corrected chi connectivity index (χ1v) is 8.96. The number of rotatable bonds is 5. The van der Waals surface area contributed by atoms with Crippen LogP contribution in [0.15, 0.2) is 77.7 Å². The maximum atomic E-state index is 12.8. The molecule has 0 atom stereocenters. The molecule has 0 aliphatic carbocycles. The summed E-state index contributed by atoms with van der Waals surface area (Å²) in [5, 5.41) is 10.5. The van der Waals surface area contributed by atoms with E-state index in [9.17, 15) is 13.2 Å². The highest BCUT2D eigenvalue weighted by molar-refractivity contribution is 7.92. The first-order valence-electron chi connectivity index (χ1n) is 7.48. The molecule has 6 heteroatoms. The molecule has 0 saturated heterocycles. The predicted octanol–water partition coefficient (Wildman–Crippen LogP) is 3.74. The highest BCUT2D eigenvalue weighted by Crippen LogP contribution is 2.27. The number of carboxylic acids is 1. The van der Waals surface area contributed by atoms with E-state index in [0.29, 0.717) is 11.3 Å². The monoisotopic (exact) mass is 353 g/mol. The molecule has 126 valence electrons. The maximum absolute atomic E-state index is 12.8. The van der Waals surface area contributed by atoms with Gasteiger partial charge in [-0.25, -0.2) is 13.2 Å². The fraction of sp³-hybridized carbons (Fsp3) is 0. The molecule has 3 aromatic rings. The third-order valence-corrected chi connectivity index (χ3v) is 5.09. The SMILES string of the molecule is O=C(O)C=Cc1ccccc1S(=O)(=O)Nc1cccc2ccccc12. The zero-order valence-electron chi connectivity index (χ0n) is 13.1. The van der Waals surface area contributed by atoms with Gasteiger partial charge in [0.25, 0.3) is 10.0 Å². The summed E-state index contributed by atoms with van der Waals surface area (Å²) >= 11 is 0. The van der Waals surface area contributed by atoms with Crippen molar-refractivity contribution in [3.05, 3.63) is 78.4 Å². The summed E-state index contributed by atoms with van der Waals surface area (Å²) in [5.41, 5.74) is 0.771. The van der Waals surface area contributed by atoms with E-state index in [1.165, 1.54) is 12.1 Å². The quantitative estimate of drug-likeness (QED) is 0.685. The van der Waals surface area contributed by atoms with Crippen molar-refractivity contribution in [2.75, 3.05) is 4.72 Å². The van der Waals surface area contributed by atoms with E-state index in [1.54, 1.807) is 30.3 Å². The van der Waals surface area contributed by atoms with E-state index in [-0.39, 0.29) is 4.90 Å². The van der Waals surface area contributed by atoms with Crippen molar-refractivity contribution in [3.8, 4) is 0 Å². The summed E-state index contributed by atoms with van der Waals surface area (Å²) in [6.07, 6.45) is 2.17. The molecule has 0 radical (unpaired) electrons. The van der Waals surface area contributed by atoms with Crippen LogP contribution in [0.5, 0.6) is 0 Å². The number of nitrogens with one attached hydrogen (secondary N) is 1. The van der Waals surface area contributed by atoms with Gasteiger partial charge in [0.15, 0.2) is 0 Å². The molecule has 25 heavy (non-hydrogen) atoms. The lowest BCUT2D eigenvalue weighted by Gasteiger charge is -2.12. The van der Waals surface area contributed by atoms with Gasteiger partial charge in [0.2, 0.25) is 0 Å². The summed E-state index contributed by atoms with van der Waals surface area (Å²) in [5.74, 6) is -1.14. The van der Waals surface area contributed by atoms with Crippen molar-refractivity contribution < 1.29 is 18.3 Å². The lowest BCUT2D eigenvalue weighted by Crippen LogP contribution is -2.14. The van der Waals surface area contributed by atoms with E-state index in [1.807, 2.05) is 30.3 Å². The van der Waals surface area contributed by atoms with E-state index in [4.69, 9.17) is 5.11 Å². The van der Waals surface area contributed by atoms with Gasteiger partial charge in [-0.3, -0.25) is 4.72 Å². The first-order chi connectivity index (χ1) is 12.0. The Bertz CT molecular complexity index is 1070. The molecule has 0 unspecified atom stereocenters. The van der Waals surface area contributed by atoms with Gasteiger partial charge in [0.1, 0.15) is 0 Å². The number of sulfonamides is 1. The van der Waals surface area contributed by atoms with E-state index < -0.39 is 16.0 Å². The fourth-order valence-electron chi connectivity index (χ4n) is 2.54. The normalized spacial score (nSPS) is 11.7. The molecule has 0 amide bonds. The molecular weight excluding hydrogens is 338 g/mol. The van der Waals surface area contributed by atoms with Crippen LogP contribution in [-0.4, -0.2) is 19.5 Å². The number of aliphatic carboxylic acids is 1. The third-order valence-electron chi connectivity index (χ3n) is 3.65. The largest absolute Gasteiger partial charge is 0.478 e. The molecule has 2 N–H and O–H groups in total. The first kappa shape index (κ1) is 16.7. The average molecular weight is 353 g/mol. The summed E-state index contributed by atoms with van der Waals surface area (Å²) in [4.78, 5) is 10.7. The molecule has 0 bridgehead atoms. The van der Waals surface area contributed by atoms with Crippen LogP contribution in [0.25, 0.3) is 16.8 Å². The van der Waals surface area contributed by atoms with Crippen molar-refractivity contribution >= 4 is 38.5 Å². The minimum absolute atomic E-state index is 0.0143. The van der Waals surface area contributed by atoms with Gasteiger partial charge < -0.3 is 5.11 Å². The molecule has 0 saturated carbocycles. The number of fused-ring (bicyclic) bond motifs is 1. The lowest BCUT2D eigenvalue weighted by molar-refractivity contribution is -0.131. The minimum Gasteiger partial charge on any atom is -0.478 e. The number of carbonyl (C=O) groups is 1. The summed E-state index contributed by atoms with van der Waals surface area (Å²) in [7, 11) is -3.88. The second-order valence-corrected chi connectivity index (χ2v) is 6.99. The summed E-state index contributed by atoms with van der Waals surface area (Å²) < 4.78 is 28.2. The van der Waals surface area contributed by atoms with Gasteiger partial charge in [-0.1, -0.05) is 54.6 Å². The van der Waals surface area contributed by atoms with Gasteiger partial charge in [0.05, 0.1) is 10.6 Å². The van der Waals surface area contributed by atoms with Gasteiger partial charge >= 0.3 is 5.97 Å². The standard InChI is InChI=1S/C19H15NO4S/c21-19(22)13-12-15-7-2-4-11-18(15)25(23,24)20-17-10-5-8-14-6-1-3-9-16(14)17/h1-13,20H,(H,21,22). The van der Waals surface area contributed by atoms with Gasteiger partial charge in [0, 0.05) is 11.5 Å². The van der Waals surface area contributed by atoms with Gasteiger partial charge in [-0.05, 0) is 29.2 Å². The average Bonchev–Trinajstić information content (AvgIpc) is 2.60. The molecule has 0 heterocycles. The Morgan fingerprint density at radius 3 is 2.40 bits per heavy atom. The molecule has 0 aliphatic rings. The number of hydrogen-bond donors (Lipinski definition) is 2. The number of carboxylic acid groups (broad SMARTS) is 1. The predicted molar refractivity (Wildman–Crippen MR) is 97.9 cm³/mol. The van der Waals surface area contributed by atoms with Crippen LogP contribution in [0.3, 0.4) is 0 Å². The fourth-order valence-corrected chi connectivity index (χ4v) is 3.82. The van der Waals surface area contributed by atoms with Crippen LogP contribution in [0.2, 0.25) is 0 Å². The minimum atomic E-state index is -3.88. The van der Waals surface area contributed by atoms with Crippen molar-refractivity contribution in [1.82, 2.24) is 0 Å². The van der Waals surface area contributed by atoms with E-state index in [0.717, 1.165) is 16.8 Å². The number of hydrogen-bond acceptors (Lipinski definition) is 3. The van der Waals surface area contributed by atoms with Crippen LogP contribution in [0.4, 0.5) is 5.69 Å². The molecule has 0 fully saturated rings. The van der Waals surface area contributed by atoms with Crippen LogP contribution >= 0.6 is 0 Å². The van der Waals surface area contributed by atoms with Crippen LogP contribution < -0.4 is 4.72 Å². The molecule has 0 aliphatic heterocycles. The maximum Gasteiger partial charge on any atom is 0.328 e. The highest BCUT2D eigenvalue weighted by atomic mass is 32.2. The molecule has 3 aromatic carbocycles. The van der Waals surface area contributed by atoms with E-state index >= 15 is 0 Å². The van der Waals surface area contributed by atoms with Crippen LogP contribution in [0, 0.1) is 0 Å². The van der Waals surface area contributed by atoms with Gasteiger partial charge in [-0.2, -0.15) is 0 Å². The van der Waals surface area contributed by atoms with Crippen LogP contribution in [-0.2, 0) is 14.8 Å². The van der Waals surface area contributed by atoms with Gasteiger partial charge in [-0.15, -0.1) is 0 Å². The Balaban J connectivity index is 2.04. The molecular formula is C19H15NO4S. The zero-order valence-corrected chi connectivity index (χ0v) is 13.9. The topological polar surface area (TPSA) is 83.5 Å². The zero-order chi connectivity index (χ0) is 17.9. The summed E-state index contributed by atoms with van der Waals surface area (Å²) in [6, 6.07) is 19.1. The Kier molecular flexibility index (Phi) is 4.54. The Labute approximate surface area is 145 Å². The number of benzene rings is 3. The molecule has 0 aromatic heterocycles. The second kappa shape index (κ2) is 6.78. The third kappa shape index (κ3) is 3.70. The Hall–Kier alpha value is -3.12. The van der Waals surface area contributed by atoms with Crippen molar-refractivity contribution in [2.24, 2.45) is 0 Å². The van der Waals surface area contributed by atoms with E-state index in [2.05, 4.69) is 4.72 Å². The van der Waals surface area contributed by atoms with Crippen molar-refractivity contribution in [1.29, 1.82) is 0 Å². The molecule has 3 rings (SSSR count). The molecule has 0 spiro atoms. The Morgan fingerprint density at radius 2 is 1.60 bits per heavy atom. The Morgan fingerprint density at radius 1 is 0.920 bits per heavy atom. The number of anilines is 1. The van der Waals surface area contributed by atoms with Crippen LogP contribution in [0.1, 0.15) is 5.56 Å². The van der Waals surface area contributed by atoms with Crippen molar-refractivity contribution in [2.45, 2.75) is 4.90 Å². The summed E-state index contributed by atoms with van der Waals surface area (Å²) in [6.45, 7) is 0. The highest BCUT2D eigenvalue weighted by Gasteiger charge is 2.18. The second-order valence-electron chi connectivity index (χ2n) is 5.34. The molecule has 5 nitrogen and oxygen atoms in total. The van der Waals surface area contributed by atoms with Crippen molar-refractivity contribution in [3.63, 3.8) is 0 Å².